The molecule has 1 N–H and O–H groups in total. The maximum absolute atomic E-state index is 13.6. The van der Waals surface area contributed by atoms with Crippen LogP contribution in [0.2, 0.25) is 5.02 Å². The van der Waals surface area contributed by atoms with Crippen LogP contribution < -0.4 is 5.32 Å². The van der Waals surface area contributed by atoms with Gasteiger partial charge in [0, 0.05) is 11.1 Å². The number of rotatable bonds is 4. The van der Waals surface area contributed by atoms with Crippen molar-refractivity contribution in [3.8, 4) is 0 Å². The largest absolute Gasteiger partial charge is 0.378 e. The van der Waals surface area contributed by atoms with Crippen LogP contribution in [0, 0.1) is 5.82 Å². The van der Waals surface area contributed by atoms with E-state index in [-0.39, 0.29) is 5.02 Å². The molecule has 0 aliphatic heterocycles. The number of anilines is 1. The zero-order chi connectivity index (χ0) is 12.3. The van der Waals surface area contributed by atoms with Crippen LogP contribution in [-0.2, 0) is 13.0 Å². The van der Waals surface area contributed by atoms with Crippen LogP contribution in [0.25, 0.3) is 0 Å². The molecule has 0 atom stereocenters. The Balaban J connectivity index is 2.04. The summed E-state index contributed by atoms with van der Waals surface area (Å²) in [6.45, 7) is 2.63. The van der Waals surface area contributed by atoms with Crippen molar-refractivity contribution in [1.82, 2.24) is 4.98 Å². The van der Waals surface area contributed by atoms with Gasteiger partial charge in [-0.05, 0) is 18.6 Å². The summed E-state index contributed by atoms with van der Waals surface area (Å²) in [6, 6.07) is 4.92. The van der Waals surface area contributed by atoms with Crippen LogP contribution in [-0.4, -0.2) is 4.98 Å². The summed E-state index contributed by atoms with van der Waals surface area (Å²) in [6.07, 6.45) is 2.75. The molecule has 0 radical (unpaired) electrons. The summed E-state index contributed by atoms with van der Waals surface area (Å²) in [5.74, 6) is -0.408. The normalized spacial score (nSPS) is 10.5. The maximum Gasteiger partial charge on any atom is 0.164 e. The first-order chi connectivity index (χ1) is 8.20. The zero-order valence-corrected chi connectivity index (χ0v) is 10.9. The van der Waals surface area contributed by atoms with E-state index in [2.05, 4.69) is 17.2 Å². The van der Waals surface area contributed by atoms with Crippen molar-refractivity contribution >= 4 is 28.6 Å². The van der Waals surface area contributed by atoms with E-state index in [9.17, 15) is 4.39 Å². The average Bonchev–Trinajstić information content (AvgIpc) is 2.79. The predicted molar refractivity (Wildman–Crippen MR) is 70.2 cm³/mol. The third-order valence-corrected chi connectivity index (χ3v) is 3.74. The molecule has 0 bridgehead atoms. The van der Waals surface area contributed by atoms with Gasteiger partial charge in [-0.1, -0.05) is 24.6 Å². The Hall–Kier alpha value is -1.13. The van der Waals surface area contributed by atoms with E-state index < -0.39 is 5.82 Å². The number of aryl methyl sites for hydroxylation is 1. The highest BCUT2D eigenvalue weighted by Gasteiger charge is 2.06. The second-order valence-corrected chi connectivity index (χ2v) is 5.14. The van der Waals surface area contributed by atoms with Crippen LogP contribution in [0.15, 0.2) is 24.4 Å². The molecule has 0 saturated carbocycles. The maximum atomic E-state index is 13.6. The van der Waals surface area contributed by atoms with Gasteiger partial charge < -0.3 is 5.32 Å². The van der Waals surface area contributed by atoms with Crippen LogP contribution in [0.3, 0.4) is 0 Å². The number of aromatic nitrogens is 1. The van der Waals surface area contributed by atoms with Crippen molar-refractivity contribution < 1.29 is 4.39 Å². The second-order valence-electron chi connectivity index (χ2n) is 3.53. The van der Waals surface area contributed by atoms with Gasteiger partial charge in [-0.3, -0.25) is 0 Å². The van der Waals surface area contributed by atoms with Gasteiger partial charge >= 0.3 is 0 Å². The second kappa shape index (κ2) is 5.47. The lowest BCUT2D eigenvalue weighted by Crippen LogP contribution is -1.99. The molecule has 1 aromatic carbocycles. The number of benzene rings is 1. The Kier molecular flexibility index (Phi) is 3.97. The molecule has 0 fully saturated rings. The van der Waals surface area contributed by atoms with Gasteiger partial charge in [-0.25, -0.2) is 9.37 Å². The van der Waals surface area contributed by atoms with Gasteiger partial charge in [-0.15, -0.1) is 11.3 Å². The van der Waals surface area contributed by atoms with Crippen molar-refractivity contribution in [1.29, 1.82) is 0 Å². The standard InChI is InChI=1S/C12H12ClFN2S/c1-2-11-16-7-8(17-11)6-15-10-5-3-4-9(13)12(10)14/h3-5,7,15H,2,6H2,1H3. The molecule has 0 spiro atoms. The summed E-state index contributed by atoms with van der Waals surface area (Å²) < 4.78 is 13.6. The number of thiazole rings is 1. The molecule has 17 heavy (non-hydrogen) atoms. The van der Waals surface area contributed by atoms with Crippen molar-refractivity contribution in [2.75, 3.05) is 5.32 Å². The Morgan fingerprint density at radius 3 is 3.00 bits per heavy atom. The van der Waals surface area contributed by atoms with E-state index in [0.717, 1.165) is 16.3 Å². The molecule has 0 unspecified atom stereocenters. The fourth-order valence-corrected chi connectivity index (χ4v) is 2.39. The molecular formula is C12H12ClFN2S. The quantitative estimate of drug-likeness (QED) is 0.904. The zero-order valence-electron chi connectivity index (χ0n) is 9.34. The summed E-state index contributed by atoms with van der Waals surface area (Å²) in [5.41, 5.74) is 0.420. The Labute approximate surface area is 108 Å². The predicted octanol–water partition coefficient (Wildman–Crippen LogP) is 4.11. The monoisotopic (exact) mass is 270 g/mol. The van der Waals surface area contributed by atoms with Crippen molar-refractivity contribution in [3.63, 3.8) is 0 Å². The molecular weight excluding hydrogens is 259 g/mol. The van der Waals surface area contributed by atoms with Crippen molar-refractivity contribution in [2.45, 2.75) is 19.9 Å². The average molecular weight is 271 g/mol. The lowest BCUT2D eigenvalue weighted by molar-refractivity contribution is 0.630. The number of halogens is 2. The summed E-state index contributed by atoms with van der Waals surface area (Å²) >= 11 is 7.33. The molecule has 0 aliphatic rings. The van der Waals surface area contributed by atoms with Gasteiger partial charge in [0.2, 0.25) is 0 Å². The molecule has 5 heteroatoms. The summed E-state index contributed by atoms with van der Waals surface area (Å²) in [7, 11) is 0. The highest BCUT2D eigenvalue weighted by Crippen LogP contribution is 2.23. The minimum Gasteiger partial charge on any atom is -0.378 e. The van der Waals surface area contributed by atoms with Crippen LogP contribution in [0.1, 0.15) is 16.8 Å². The Bertz CT molecular complexity index is 513. The highest BCUT2D eigenvalue weighted by molar-refractivity contribution is 7.11. The number of hydrogen-bond donors (Lipinski definition) is 1. The van der Waals surface area contributed by atoms with E-state index in [1.165, 1.54) is 6.07 Å². The molecule has 2 rings (SSSR count). The van der Waals surface area contributed by atoms with Gasteiger partial charge in [0.15, 0.2) is 5.82 Å². The van der Waals surface area contributed by atoms with E-state index >= 15 is 0 Å². The summed E-state index contributed by atoms with van der Waals surface area (Å²) in [4.78, 5) is 5.33. The molecule has 1 aromatic heterocycles. The smallest absolute Gasteiger partial charge is 0.164 e. The molecule has 2 aromatic rings. The van der Waals surface area contributed by atoms with Crippen LogP contribution >= 0.6 is 22.9 Å². The van der Waals surface area contributed by atoms with E-state index in [1.807, 2.05) is 6.20 Å². The number of nitrogens with zero attached hydrogens (tertiary/aromatic N) is 1. The van der Waals surface area contributed by atoms with E-state index in [0.29, 0.717) is 12.2 Å². The number of nitrogens with one attached hydrogen (secondary N) is 1. The summed E-state index contributed by atoms with van der Waals surface area (Å²) in [5, 5.41) is 4.24. The molecule has 0 aliphatic carbocycles. The van der Waals surface area contributed by atoms with Gasteiger partial charge in [0.1, 0.15) is 0 Å². The highest BCUT2D eigenvalue weighted by atomic mass is 35.5. The third-order valence-electron chi connectivity index (χ3n) is 2.31. The molecule has 0 amide bonds. The lowest BCUT2D eigenvalue weighted by Gasteiger charge is -2.06. The van der Waals surface area contributed by atoms with E-state index in [1.54, 1.807) is 23.5 Å². The first-order valence-corrected chi connectivity index (χ1v) is 6.51. The first kappa shape index (κ1) is 12.3. The number of hydrogen-bond acceptors (Lipinski definition) is 3. The molecule has 1 heterocycles. The van der Waals surface area contributed by atoms with Crippen LogP contribution in [0.4, 0.5) is 10.1 Å². The minimum atomic E-state index is -0.408. The van der Waals surface area contributed by atoms with E-state index in [4.69, 9.17) is 11.6 Å². The molecule has 90 valence electrons. The topological polar surface area (TPSA) is 24.9 Å². The first-order valence-electron chi connectivity index (χ1n) is 5.32. The molecule has 2 nitrogen and oxygen atoms in total. The van der Waals surface area contributed by atoms with Crippen LogP contribution in [0.5, 0.6) is 0 Å². The molecule has 0 saturated heterocycles. The fraction of sp³-hybridized carbons (Fsp3) is 0.250. The SMILES string of the molecule is CCc1ncc(CNc2cccc(Cl)c2F)s1. The van der Waals surface area contributed by atoms with Gasteiger partial charge in [0.25, 0.3) is 0 Å². The van der Waals surface area contributed by atoms with Crippen molar-refractivity contribution in [2.24, 2.45) is 0 Å². The third kappa shape index (κ3) is 2.96. The van der Waals surface area contributed by atoms with Gasteiger partial charge in [-0.2, -0.15) is 0 Å². The Morgan fingerprint density at radius 2 is 2.29 bits per heavy atom. The lowest BCUT2D eigenvalue weighted by atomic mass is 10.3. The van der Waals surface area contributed by atoms with Crippen molar-refractivity contribution in [3.05, 3.63) is 45.1 Å². The van der Waals surface area contributed by atoms with Gasteiger partial charge in [0.05, 0.1) is 22.3 Å². The Morgan fingerprint density at radius 1 is 1.47 bits per heavy atom. The minimum absolute atomic E-state index is 0.133. The fourth-order valence-electron chi connectivity index (χ4n) is 1.42.